The molecule has 0 amide bonds. The molecule has 0 radical (unpaired) electrons. The van der Waals surface area contributed by atoms with Crippen LogP contribution >= 0.6 is 0 Å². The molecule has 0 aliphatic rings. The monoisotopic (exact) mass is 236 g/mol. The van der Waals surface area contributed by atoms with Gasteiger partial charge in [-0.3, -0.25) is 0 Å². The van der Waals surface area contributed by atoms with E-state index in [1.54, 1.807) is 12.1 Å². The lowest BCUT2D eigenvalue weighted by molar-refractivity contribution is 0.276. The highest BCUT2D eigenvalue weighted by atomic mass is 16.3. The predicted octanol–water partition coefficient (Wildman–Crippen LogP) is 1.86. The molecule has 0 spiro atoms. The molecule has 0 aromatic heterocycles. The first-order valence-corrected chi connectivity index (χ1v) is 6.16. The first-order chi connectivity index (χ1) is 7.99. The minimum absolute atomic E-state index is 0.329. The Morgan fingerprint density at radius 2 is 1.76 bits per heavy atom. The Morgan fingerprint density at radius 3 is 2.24 bits per heavy atom. The Kier molecular flexibility index (Phi) is 5.45. The third-order valence-electron chi connectivity index (χ3n) is 2.90. The minimum atomic E-state index is 0.329. The summed E-state index contributed by atoms with van der Waals surface area (Å²) >= 11 is 0. The van der Waals surface area contributed by atoms with Crippen LogP contribution < -0.4 is 5.32 Å². The van der Waals surface area contributed by atoms with E-state index in [2.05, 4.69) is 38.2 Å². The fourth-order valence-electron chi connectivity index (χ4n) is 1.71. The number of nitrogens with zero attached hydrogens (tertiary/aromatic N) is 1. The largest absolute Gasteiger partial charge is 0.508 e. The molecule has 17 heavy (non-hydrogen) atoms. The van der Waals surface area contributed by atoms with E-state index < -0.39 is 0 Å². The van der Waals surface area contributed by atoms with E-state index in [1.165, 1.54) is 5.56 Å². The lowest BCUT2D eigenvalue weighted by atomic mass is 10.0. The van der Waals surface area contributed by atoms with Crippen LogP contribution in [-0.4, -0.2) is 42.7 Å². The smallest absolute Gasteiger partial charge is 0.115 e. The Bertz CT molecular complexity index is 319. The molecule has 1 atom stereocenters. The zero-order chi connectivity index (χ0) is 12.8. The molecule has 0 saturated carbocycles. The minimum Gasteiger partial charge on any atom is -0.508 e. The molecule has 1 aromatic carbocycles. The molecule has 3 heteroatoms. The molecule has 3 nitrogen and oxygen atoms in total. The van der Waals surface area contributed by atoms with Crippen molar-refractivity contribution in [3.8, 4) is 5.75 Å². The van der Waals surface area contributed by atoms with Gasteiger partial charge in [-0.15, -0.1) is 0 Å². The Balaban J connectivity index is 2.57. The van der Waals surface area contributed by atoms with Gasteiger partial charge < -0.3 is 15.3 Å². The van der Waals surface area contributed by atoms with Gasteiger partial charge in [0.2, 0.25) is 0 Å². The summed E-state index contributed by atoms with van der Waals surface area (Å²) in [7, 11) is 4.21. The van der Waals surface area contributed by atoms with Crippen LogP contribution in [0.1, 0.15) is 19.4 Å². The summed E-state index contributed by atoms with van der Waals surface area (Å²) in [5, 5.41) is 12.7. The van der Waals surface area contributed by atoms with Gasteiger partial charge in [0.1, 0.15) is 5.75 Å². The molecule has 0 aliphatic heterocycles. The number of rotatable bonds is 6. The number of hydrogen-bond donors (Lipinski definition) is 2. The maximum absolute atomic E-state index is 9.25. The molecule has 2 N–H and O–H groups in total. The van der Waals surface area contributed by atoms with Gasteiger partial charge in [0.05, 0.1) is 0 Å². The maximum atomic E-state index is 9.25. The zero-order valence-corrected chi connectivity index (χ0v) is 11.3. The third kappa shape index (κ3) is 5.20. The van der Waals surface area contributed by atoms with Crippen LogP contribution in [0, 0.1) is 0 Å². The van der Waals surface area contributed by atoms with Gasteiger partial charge in [0.15, 0.2) is 0 Å². The van der Waals surface area contributed by atoms with E-state index in [4.69, 9.17) is 0 Å². The molecule has 0 aliphatic carbocycles. The second-order valence-corrected chi connectivity index (χ2v) is 5.05. The molecule has 96 valence electrons. The number of nitrogens with one attached hydrogen (secondary N) is 1. The SMILES string of the molecule is CC(C)NC[C@H](Cc1ccc(O)cc1)N(C)C. The summed E-state index contributed by atoms with van der Waals surface area (Å²) in [5.74, 6) is 0.329. The topological polar surface area (TPSA) is 35.5 Å². The Morgan fingerprint density at radius 1 is 1.18 bits per heavy atom. The second kappa shape index (κ2) is 6.62. The van der Waals surface area contributed by atoms with Gasteiger partial charge in [-0.25, -0.2) is 0 Å². The molecule has 0 saturated heterocycles. The summed E-state index contributed by atoms with van der Waals surface area (Å²) < 4.78 is 0. The maximum Gasteiger partial charge on any atom is 0.115 e. The lowest BCUT2D eigenvalue weighted by Gasteiger charge is -2.26. The van der Waals surface area contributed by atoms with E-state index in [0.717, 1.165) is 13.0 Å². The van der Waals surface area contributed by atoms with Crippen LogP contribution in [0.5, 0.6) is 5.75 Å². The van der Waals surface area contributed by atoms with Crippen molar-refractivity contribution in [2.45, 2.75) is 32.4 Å². The van der Waals surface area contributed by atoms with E-state index in [1.807, 2.05) is 12.1 Å². The van der Waals surface area contributed by atoms with Crippen molar-refractivity contribution in [1.82, 2.24) is 10.2 Å². The van der Waals surface area contributed by atoms with Gasteiger partial charge in [-0.2, -0.15) is 0 Å². The first-order valence-electron chi connectivity index (χ1n) is 6.16. The molecule has 1 rings (SSSR count). The second-order valence-electron chi connectivity index (χ2n) is 5.05. The zero-order valence-electron chi connectivity index (χ0n) is 11.3. The molecular formula is C14H24N2O. The number of likely N-dealkylation sites (N-methyl/N-ethyl adjacent to an activating group) is 1. The molecule has 0 bridgehead atoms. The van der Waals surface area contributed by atoms with Gasteiger partial charge in [0.25, 0.3) is 0 Å². The number of phenols is 1. The van der Waals surface area contributed by atoms with Crippen LogP contribution in [0.4, 0.5) is 0 Å². The highest BCUT2D eigenvalue weighted by Gasteiger charge is 2.12. The molecule has 1 aromatic rings. The predicted molar refractivity (Wildman–Crippen MR) is 72.4 cm³/mol. The van der Waals surface area contributed by atoms with E-state index >= 15 is 0 Å². The highest BCUT2D eigenvalue weighted by molar-refractivity contribution is 5.26. The van der Waals surface area contributed by atoms with E-state index in [9.17, 15) is 5.11 Å². The normalized spacial score (nSPS) is 13.3. The highest BCUT2D eigenvalue weighted by Crippen LogP contribution is 2.12. The summed E-state index contributed by atoms with van der Waals surface area (Å²) in [6, 6.07) is 8.46. The van der Waals surface area contributed by atoms with E-state index in [0.29, 0.717) is 17.8 Å². The third-order valence-corrected chi connectivity index (χ3v) is 2.90. The van der Waals surface area contributed by atoms with Crippen LogP contribution in [0.2, 0.25) is 0 Å². The number of benzene rings is 1. The number of hydrogen-bond acceptors (Lipinski definition) is 3. The van der Waals surface area contributed by atoms with Crippen molar-refractivity contribution >= 4 is 0 Å². The van der Waals surface area contributed by atoms with Crippen molar-refractivity contribution in [2.24, 2.45) is 0 Å². The van der Waals surface area contributed by atoms with Crippen molar-refractivity contribution < 1.29 is 5.11 Å². The summed E-state index contributed by atoms with van der Waals surface area (Å²) in [4.78, 5) is 2.24. The van der Waals surface area contributed by atoms with Crippen molar-refractivity contribution in [3.05, 3.63) is 29.8 Å². The molecular weight excluding hydrogens is 212 g/mol. The first kappa shape index (κ1) is 14.0. The summed E-state index contributed by atoms with van der Waals surface area (Å²) in [6.07, 6.45) is 0.993. The fraction of sp³-hybridized carbons (Fsp3) is 0.571. The lowest BCUT2D eigenvalue weighted by Crippen LogP contribution is -2.41. The van der Waals surface area contributed by atoms with Gasteiger partial charge in [-0.1, -0.05) is 26.0 Å². The fourth-order valence-corrected chi connectivity index (χ4v) is 1.71. The Labute approximate surface area is 104 Å². The van der Waals surface area contributed by atoms with Crippen LogP contribution in [-0.2, 0) is 6.42 Å². The van der Waals surface area contributed by atoms with Gasteiger partial charge in [-0.05, 0) is 38.2 Å². The van der Waals surface area contributed by atoms with Crippen LogP contribution in [0.3, 0.4) is 0 Å². The Hall–Kier alpha value is -1.06. The average Bonchev–Trinajstić information content (AvgIpc) is 2.26. The van der Waals surface area contributed by atoms with Gasteiger partial charge >= 0.3 is 0 Å². The van der Waals surface area contributed by atoms with Gasteiger partial charge in [0, 0.05) is 18.6 Å². The standard InChI is InChI=1S/C14H24N2O/c1-11(2)15-10-13(16(3)4)9-12-5-7-14(17)8-6-12/h5-8,11,13,15,17H,9-10H2,1-4H3/t13-/m0/s1. The van der Waals surface area contributed by atoms with Crippen LogP contribution in [0.15, 0.2) is 24.3 Å². The summed E-state index contributed by atoms with van der Waals surface area (Å²) in [6.45, 7) is 5.30. The molecule has 0 fully saturated rings. The molecule has 0 unspecified atom stereocenters. The quantitative estimate of drug-likeness (QED) is 0.791. The molecule has 0 heterocycles. The van der Waals surface area contributed by atoms with Crippen molar-refractivity contribution in [3.63, 3.8) is 0 Å². The number of aromatic hydroxyl groups is 1. The van der Waals surface area contributed by atoms with E-state index in [-0.39, 0.29) is 0 Å². The number of phenolic OH excluding ortho intramolecular Hbond substituents is 1. The average molecular weight is 236 g/mol. The van der Waals surface area contributed by atoms with Crippen molar-refractivity contribution in [2.75, 3.05) is 20.6 Å². The summed E-state index contributed by atoms with van der Waals surface area (Å²) in [5.41, 5.74) is 1.26. The van der Waals surface area contributed by atoms with Crippen LogP contribution in [0.25, 0.3) is 0 Å². The van der Waals surface area contributed by atoms with Crippen molar-refractivity contribution in [1.29, 1.82) is 0 Å².